The average Bonchev–Trinajstić information content (AvgIpc) is 2.54. The number of aromatic nitrogens is 2. The predicted molar refractivity (Wildman–Crippen MR) is 87.3 cm³/mol. The quantitative estimate of drug-likeness (QED) is 0.709. The molecule has 0 radical (unpaired) electrons. The Balaban J connectivity index is 2.65. The first-order chi connectivity index (χ1) is 12.2. The number of rotatable bonds is 5. The monoisotopic (exact) mass is 410 g/mol. The van der Waals surface area contributed by atoms with Crippen molar-refractivity contribution in [2.75, 3.05) is 5.75 Å². The van der Waals surface area contributed by atoms with Crippen molar-refractivity contribution in [2.45, 2.75) is 37.4 Å². The van der Waals surface area contributed by atoms with Crippen LogP contribution in [0.5, 0.6) is 0 Å². The van der Waals surface area contributed by atoms with Gasteiger partial charge in [0.2, 0.25) is 0 Å². The van der Waals surface area contributed by atoms with E-state index in [0.717, 1.165) is 18.5 Å². The molecule has 2 rings (SSSR count). The summed E-state index contributed by atoms with van der Waals surface area (Å²) in [7, 11) is -4.08. The molecule has 2 aromatic rings. The Morgan fingerprint density at radius 2 is 1.74 bits per heavy atom. The van der Waals surface area contributed by atoms with Crippen molar-refractivity contribution in [1.82, 2.24) is 9.55 Å². The van der Waals surface area contributed by atoms with Gasteiger partial charge < -0.3 is 0 Å². The first kappa shape index (κ1) is 21.0. The highest BCUT2D eigenvalue weighted by molar-refractivity contribution is 7.91. The van der Waals surface area contributed by atoms with E-state index in [0.29, 0.717) is 23.6 Å². The Kier molecular flexibility index (Phi) is 5.46. The number of hydrogen-bond acceptors (Lipinski definition) is 4. The molecule has 1 aromatic carbocycles. The lowest BCUT2D eigenvalue weighted by Crippen LogP contribution is -2.28. The van der Waals surface area contributed by atoms with Crippen LogP contribution >= 0.6 is 0 Å². The molecule has 0 spiro atoms. The molecule has 1 heterocycles. The van der Waals surface area contributed by atoms with Gasteiger partial charge in [0.15, 0.2) is 9.84 Å². The first-order valence-corrected chi connectivity index (χ1v) is 9.28. The number of benzene rings is 1. The van der Waals surface area contributed by atoms with Crippen molar-refractivity contribution < 1.29 is 30.4 Å². The van der Waals surface area contributed by atoms with Gasteiger partial charge in [0.05, 0.1) is 34.8 Å². The van der Waals surface area contributed by atoms with Gasteiger partial charge in [-0.05, 0) is 12.1 Å². The molecule has 0 unspecified atom stereocenters. The Labute approximate surface area is 151 Å². The lowest BCUT2D eigenvalue weighted by atomic mass is 10.1. The number of sulfone groups is 1. The van der Waals surface area contributed by atoms with Crippen molar-refractivity contribution >= 4 is 9.84 Å². The normalized spacial score (nSPS) is 13.0. The van der Waals surface area contributed by atoms with E-state index in [1.807, 2.05) is 0 Å². The summed E-state index contributed by atoms with van der Waals surface area (Å²) in [6.07, 6.45) is -3.96. The summed E-state index contributed by atoms with van der Waals surface area (Å²) in [5, 5.41) is 0. The lowest BCUT2D eigenvalue weighted by Gasteiger charge is -2.15. The van der Waals surface area contributed by atoms with E-state index in [1.165, 1.54) is 6.92 Å². The van der Waals surface area contributed by atoms with Gasteiger partial charge in [-0.25, -0.2) is 22.2 Å². The summed E-state index contributed by atoms with van der Waals surface area (Å²) in [6, 6.07) is 2.84. The maximum atomic E-state index is 13.1. The van der Waals surface area contributed by atoms with Crippen LogP contribution < -0.4 is 5.56 Å². The number of nitrogens with zero attached hydrogens (tertiary/aromatic N) is 2. The second kappa shape index (κ2) is 7.02. The molecule has 0 aliphatic rings. The van der Waals surface area contributed by atoms with Crippen molar-refractivity contribution in [3.05, 3.63) is 46.5 Å². The Morgan fingerprint density at radius 3 is 2.22 bits per heavy atom. The van der Waals surface area contributed by atoms with Crippen molar-refractivity contribution in [3.63, 3.8) is 0 Å². The molecule has 11 heteroatoms. The zero-order valence-electron chi connectivity index (χ0n) is 14.2. The zero-order valence-corrected chi connectivity index (χ0v) is 15.0. The molecular formula is C16H15F5N2O3S. The standard InChI is InChI=1S/C16H15F5N2O3S/c1-3-27(25,26)13-6-10(16(19,20)21)4-5-11(13)12-7-14(24)23(9-22-12)8-15(2,17)18/h4-7,9H,3,8H2,1-2H3. The number of hydrogen-bond donors (Lipinski definition) is 0. The van der Waals surface area contributed by atoms with Crippen LogP contribution in [0.1, 0.15) is 19.4 Å². The third-order valence-corrected chi connectivity index (χ3v) is 5.40. The van der Waals surface area contributed by atoms with Gasteiger partial charge in [0.1, 0.15) is 0 Å². The largest absolute Gasteiger partial charge is 0.416 e. The van der Waals surface area contributed by atoms with Gasteiger partial charge in [-0.15, -0.1) is 0 Å². The highest BCUT2D eigenvalue weighted by Gasteiger charge is 2.33. The molecular weight excluding hydrogens is 395 g/mol. The molecule has 0 atom stereocenters. The summed E-state index contributed by atoms with van der Waals surface area (Å²) in [5.74, 6) is -3.65. The van der Waals surface area contributed by atoms with E-state index in [9.17, 15) is 35.2 Å². The lowest BCUT2D eigenvalue weighted by molar-refractivity contribution is -0.137. The minimum atomic E-state index is -4.76. The summed E-state index contributed by atoms with van der Waals surface area (Å²) >= 11 is 0. The minimum Gasteiger partial charge on any atom is -0.293 e. The van der Waals surface area contributed by atoms with E-state index in [2.05, 4.69) is 4.98 Å². The fraction of sp³-hybridized carbons (Fsp3) is 0.375. The second-order valence-corrected chi connectivity index (χ2v) is 8.17. The van der Waals surface area contributed by atoms with Crippen LogP contribution in [0.4, 0.5) is 22.0 Å². The fourth-order valence-corrected chi connectivity index (χ4v) is 3.44. The fourth-order valence-electron chi connectivity index (χ4n) is 2.31. The molecule has 148 valence electrons. The third-order valence-electron chi connectivity index (χ3n) is 3.63. The van der Waals surface area contributed by atoms with Gasteiger partial charge in [0.25, 0.3) is 11.5 Å². The maximum Gasteiger partial charge on any atom is 0.416 e. The van der Waals surface area contributed by atoms with E-state index >= 15 is 0 Å². The zero-order chi connectivity index (χ0) is 20.6. The van der Waals surface area contributed by atoms with Gasteiger partial charge in [-0.2, -0.15) is 13.2 Å². The molecule has 0 N–H and O–H groups in total. The minimum absolute atomic E-state index is 0.211. The molecule has 0 saturated carbocycles. The molecule has 0 aliphatic heterocycles. The highest BCUT2D eigenvalue weighted by Crippen LogP contribution is 2.35. The second-order valence-electron chi connectivity index (χ2n) is 5.92. The van der Waals surface area contributed by atoms with Gasteiger partial charge in [0, 0.05) is 18.6 Å². The first-order valence-electron chi connectivity index (χ1n) is 7.63. The average molecular weight is 410 g/mol. The number of halogens is 5. The van der Waals surface area contributed by atoms with E-state index in [4.69, 9.17) is 0 Å². The number of alkyl halides is 5. The van der Waals surface area contributed by atoms with E-state index < -0.39 is 50.3 Å². The van der Waals surface area contributed by atoms with Crippen LogP contribution in [0.2, 0.25) is 0 Å². The summed E-state index contributed by atoms with van der Waals surface area (Å²) in [4.78, 5) is 15.2. The van der Waals surface area contributed by atoms with Crippen molar-refractivity contribution in [3.8, 4) is 11.3 Å². The predicted octanol–water partition coefficient (Wildman–Crippen LogP) is 3.38. The molecule has 27 heavy (non-hydrogen) atoms. The smallest absolute Gasteiger partial charge is 0.293 e. The van der Waals surface area contributed by atoms with Crippen LogP contribution in [0.25, 0.3) is 11.3 Å². The molecule has 0 aliphatic carbocycles. The van der Waals surface area contributed by atoms with Gasteiger partial charge in [-0.3, -0.25) is 9.36 Å². The van der Waals surface area contributed by atoms with E-state index in [1.54, 1.807) is 0 Å². The van der Waals surface area contributed by atoms with Crippen LogP contribution in [-0.2, 0) is 22.6 Å². The van der Waals surface area contributed by atoms with Gasteiger partial charge >= 0.3 is 6.18 Å². The molecule has 0 bridgehead atoms. The molecule has 0 amide bonds. The van der Waals surface area contributed by atoms with Gasteiger partial charge in [-0.1, -0.05) is 13.0 Å². The topological polar surface area (TPSA) is 69.0 Å². The van der Waals surface area contributed by atoms with Crippen LogP contribution in [-0.4, -0.2) is 29.6 Å². The third kappa shape index (κ3) is 4.90. The van der Waals surface area contributed by atoms with E-state index in [-0.39, 0.29) is 11.3 Å². The molecule has 5 nitrogen and oxygen atoms in total. The summed E-state index contributed by atoms with van der Waals surface area (Å²) in [6.45, 7) is 0.926. The van der Waals surface area contributed by atoms with Crippen molar-refractivity contribution in [1.29, 1.82) is 0 Å². The molecule has 0 saturated heterocycles. The molecule has 1 aromatic heterocycles. The van der Waals surface area contributed by atoms with Crippen LogP contribution in [0.15, 0.2) is 40.3 Å². The van der Waals surface area contributed by atoms with Crippen LogP contribution in [0, 0.1) is 0 Å². The summed E-state index contributed by atoms with van der Waals surface area (Å²) < 4.78 is 90.0. The maximum absolute atomic E-state index is 13.1. The Morgan fingerprint density at radius 1 is 1.11 bits per heavy atom. The summed E-state index contributed by atoms with van der Waals surface area (Å²) in [5.41, 5.74) is -2.49. The Bertz CT molecular complexity index is 1010. The van der Waals surface area contributed by atoms with Crippen molar-refractivity contribution in [2.24, 2.45) is 0 Å². The highest BCUT2D eigenvalue weighted by atomic mass is 32.2. The van der Waals surface area contributed by atoms with Crippen LogP contribution in [0.3, 0.4) is 0 Å². The SMILES string of the molecule is CCS(=O)(=O)c1cc(C(F)(F)F)ccc1-c1cc(=O)n(CC(C)(F)F)cn1. The molecule has 0 fully saturated rings. The Hall–Kier alpha value is -2.30.